The Morgan fingerprint density at radius 1 is 1.04 bits per heavy atom. The van der Waals surface area contributed by atoms with Gasteiger partial charge in [-0.3, -0.25) is 4.79 Å². The van der Waals surface area contributed by atoms with Crippen molar-refractivity contribution >= 4 is 17.7 Å². The number of hydrogen-bond donors (Lipinski definition) is 1. The van der Waals surface area contributed by atoms with Gasteiger partial charge in [0.15, 0.2) is 0 Å². The molecule has 1 amide bonds. The van der Waals surface area contributed by atoms with Crippen LogP contribution in [0.1, 0.15) is 31.2 Å². The number of piperidine rings is 1. The fourth-order valence-electron chi connectivity index (χ4n) is 3.85. The maximum absolute atomic E-state index is 12.7. The molecule has 2 fully saturated rings. The molecular weight excluding hydrogens is 340 g/mol. The zero-order chi connectivity index (χ0) is 18.5. The van der Waals surface area contributed by atoms with E-state index in [0.29, 0.717) is 19.0 Å². The molecule has 2 aliphatic heterocycles. The van der Waals surface area contributed by atoms with Crippen LogP contribution in [-0.4, -0.2) is 47.0 Å². The molecule has 1 atom stereocenters. The van der Waals surface area contributed by atoms with Crippen LogP contribution in [0.4, 0.5) is 11.8 Å². The van der Waals surface area contributed by atoms with Crippen LogP contribution < -0.4 is 15.1 Å². The van der Waals surface area contributed by atoms with Gasteiger partial charge in [0.2, 0.25) is 11.9 Å². The van der Waals surface area contributed by atoms with Crippen molar-refractivity contribution in [2.24, 2.45) is 5.92 Å². The van der Waals surface area contributed by atoms with Gasteiger partial charge >= 0.3 is 0 Å². The molecule has 2 aromatic rings. The zero-order valence-electron chi connectivity index (χ0n) is 15.5. The number of anilines is 2. The molecule has 2 aromatic heterocycles. The highest BCUT2D eigenvalue weighted by atomic mass is 16.1. The van der Waals surface area contributed by atoms with Crippen LogP contribution in [0.5, 0.6) is 0 Å². The van der Waals surface area contributed by atoms with E-state index in [2.05, 4.69) is 36.1 Å². The summed E-state index contributed by atoms with van der Waals surface area (Å²) in [7, 11) is 0. The molecule has 0 spiro atoms. The first-order valence-corrected chi connectivity index (χ1v) is 9.79. The molecule has 2 saturated heterocycles. The summed E-state index contributed by atoms with van der Waals surface area (Å²) in [6.07, 6.45) is 9.66. The third-order valence-electron chi connectivity index (χ3n) is 5.33. The molecule has 1 N–H and O–H groups in total. The Morgan fingerprint density at radius 2 is 1.81 bits per heavy atom. The molecule has 7 heteroatoms. The Kier molecular flexibility index (Phi) is 5.46. The van der Waals surface area contributed by atoms with Gasteiger partial charge in [-0.2, -0.15) is 0 Å². The van der Waals surface area contributed by atoms with Gasteiger partial charge in [0.25, 0.3) is 0 Å². The van der Waals surface area contributed by atoms with Crippen LogP contribution in [0.2, 0.25) is 0 Å². The average molecular weight is 366 g/mol. The minimum Gasteiger partial charge on any atom is -0.357 e. The number of carbonyl (C=O) groups is 1. The topological polar surface area (TPSA) is 74.2 Å². The lowest BCUT2D eigenvalue weighted by Crippen LogP contribution is -2.43. The Hall–Kier alpha value is -2.70. The van der Waals surface area contributed by atoms with E-state index < -0.39 is 0 Å². The summed E-state index contributed by atoms with van der Waals surface area (Å²) in [6, 6.07) is 5.88. The highest BCUT2D eigenvalue weighted by Crippen LogP contribution is 2.21. The summed E-state index contributed by atoms with van der Waals surface area (Å²) >= 11 is 0. The molecule has 142 valence electrons. The van der Waals surface area contributed by atoms with E-state index in [9.17, 15) is 4.79 Å². The highest BCUT2D eigenvalue weighted by Gasteiger charge is 2.26. The van der Waals surface area contributed by atoms with E-state index >= 15 is 0 Å². The maximum atomic E-state index is 12.7. The van der Waals surface area contributed by atoms with Gasteiger partial charge < -0.3 is 15.1 Å². The van der Waals surface area contributed by atoms with Gasteiger partial charge in [0.1, 0.15) is 5.82 Å². The molecule has 0 aliphatic carbocycles. The average Bonchev–Trinajstić information content (AvgIpc) is 3.28. The van der Waals surface area contributed by atoms with Gasteiger partial charge in [-0.25, -0.2) is 15.0 Å². The fraction of sp³-hybridized carbons (Fsp3) is 0.500. The van der Waals surface area contributed by atoms with E-state index in [1.54, 1.807) is 12.4 Å². The van der Waals surface area contributed by atoms with Crippen molar-refractivity contribution in [3.63, 3.8) is 0 Å². The second kappa shape index (κ2) is 8.33. The summed E-state index contributed by atoms with van der Waals surface area (Å²) in [5.74, 6) is 1.81. The maximum Gasteiger partial charge on any atom is 0.225 e. The van der Waals surface area contributed by atoms with E-state index in [4.69, 9.17) is 0 Å². The molecule has 1 unspecified atom stereocenters. The summed E-state index contributed by atoms with van der Waals surface area (Å²) in [5, 5.41) is 3.11. The van der Waals surface area contributed by atoms with Gasteiger partial charge in [-0.1, -0.05) is 0 Å². The van der Waals surface area contributed by atoms with Crippen molar-refractivity contribution in [2.45, 2.75) is 32.2 Å². The lowest BCUT2D eigenvalue weighted by atomic mass is 9.97. The number of amides is 1. The predicted molar refractivity (Wildman–Crippen MR) is 104 cm³/mol. The Bertz CT molecular complexity index is 762. The molecule has 0 radical (unpaired) electrons. The molecule has 0 saturated carbocycles. The SMILES string of the molecule is O=C(NCc1ccnc(N2CCCC2)c1)C1CCCN(c2ncccn2)C1. The van der Waals surface area contributed by atoms with Gasteiger partial charge in [0.05, 0.1) is 5.92 Å². The van der Waals surface area contributed by atoms with Crippen LogP contribution in [0.15, 0.2) is 36.8 Å². The second-order valence-corrected chi connectivity index (χ2v) is 7.27. The van der Waals surface area contributed by atoms with E-state index in [-0.39, 0.29) is 11.8 Å². The van der Waals surface area contributed by atoms with Crippen molar-refractivity contribution in [1.82, 2.24) is 20.3 Å². The molecular formula is C20H26N6O. The van der Waals surface area contributed by atoms with Crippen molar-refractivity contribution in [1.29, 1.82) is 0 Å². The predicted octanol–water partition coefficient (Wildman–Crippen LogP) is 2.00. The minimum atomic E-state index is -0.0255. The molecule has 0 bridgehead atoms. The normalized spacial score (nSPS) is 19.9. The van der Waals surface area contributed by atoms with Crippen molar-refractivity contribution in [2.75, 3.05) is 36.0 Å². The Labute approximate surface area is 159 Å². The van der Waals surface area contributed by atoms with Gasteiger partial charge in [0, 0.05) is 51.3 Å². The summed E-state index contributed by atoms with van der Waals surface area (Å²) < 4.78 is 0. The Balaban J connectivity index is 1.33. The molecule has 2 aliphatic rings. The van der Waals surface area contributed by atoms with E-state index in [0.717, 1.165) is 43.9 Å². The number of pyridine rings is 1. The third kappa shape index (κ3) is 4.35. The standard InChI is InChI=1S/C20H26N6O/c27-19(17-5-3-12-26(15-17)20-22-7-4-8-23-20)24-14-16-6-9-21-18(13-16)25-10-1-2-11-25/h4,6-9,13,17H,1-3,5,10-12,14-15H2,(H,24,27). The summed E-state index contributed by atoms with van der Waals surface area (Å²) in [5.41, 5.74) is 1.10. The quantitative estimate of drug-likeness (QED) is 0.873. The smallest absolute Gasteiger partial charge is 0.225 e. The lowest BCUT2D eigenvalue weighted by molar-refractivity contribution is -0.125. The van der Waals surface area contributed by atoms with Crippen molar-refractivity contribution in [3.8, 4) is 0 Å². The third-order valence-corrected chi connectivity index (χ3v) is 5.33. The first kappa shape index (κ1) is 17.7. The first-order valence-electron chi connectivity index (χ1n) is 9.79. The largest absolute Gasteiger partial charge is 0.357 e. The molecule has 27 heavy (non-hydrogen) atoms. The molecule has 4 heterocycles. The van der Waals surface area contributed by atoms with Crippen LogP contribution in [0.25, 0.3) is 0 Å². The summed E-state index contributed by atoms with van der Waals surface area (Å²) in [4.78, 5) is 30.2. The summed E-state index contributed by atoms with van der Waals surface area (Å²) in [6.45, 7) is 4.26. The highest BCUT2D eigenvalue weighted by molar-refractivity contribution is 5.79. The van der Waals surface area contributed by atoms with Crippen LogP contribution in [0.3, 0.4) is 0 Å². The number of aromatic nitrogens is 3. The van der Waals surface area contributed by atoms with E-state index in [1.807, 2.05) is 18.3 Å². The van der Waals surface area contributed by atoms with Crippen LogP contribution in [0, 0.1) is 5.92 Å². The monoisotopic (exact) mass is 366 g/mol. The zero-order valence-corrected chi connectivity index (χ0v) is 15.5. The van der Waals surface area contributed by atoms with Crippen LogP contribution in [-0.2, 0) is 11.3 Å². The number of rotatable bonds is 5. The van der Waals surface area contributed by atoms with Gasteiger partial charge in [-0.15, -0.1) is 0 Å². The Morgan fingerprint density at radius 3 is 2.63 bits per heavy atom. The van der Waals surface area contributed by atoms with Crippen molar-refractivity contribution < 1.29 is 4.79 Å². The fourth-order valence-corrected chi connectivity index (χ4v) is 3.85. The minimum absolute atomic E-state index is 0.0255. The number of carbonyl (C=O) groups excluding carboxylic acids is 1. The second-order valence-electron chi connectivity index (χ2n) is 7.27. The van der Waals surface area contributed by atoms with Crippen LogP contribution >= 0.6 is 0 Å². The van der Waals surface area contributed by atoms with Crippen molar-refractivity contribution in [3.05, 3.63) is 42.4 Å². The number of hydrogen-bond acceptors (Lipinski definition) is 6. The molecule has 7 nitrogen and oxygen atoms in total. The lowest BCUT2D eigenvalue weighted by Gasteiger charge is -2.31. The first-order chi connectivity index (χ1) is 13.3. The van der Waals surface area contributed by atoms with Gasteiger partial charge in [-0.05, 0) is 49.4 Å². The van der Waals surface area contributed by atoms with E-state index in [1.165, 1.54) is 12.8 Å². The molecule has 0 aromatic carbocycles. The molecule has 4 rings (SSSR count). The number of nitrogens with zero attached hydrogens (tertiary/aromatic N) is 5. The number of nitrogens with one attached hydrogen (secondary N) is 1.